The summed E-state index contributed by atoms with van der Waals surface area (Å²) in [5.74, 6) is -0.161. The van der Waals surface area contributed by atoms with Crippen LogP contribution in [0.15, 0.2) is 17.5 Å². The second-order valence-electron chi connectivity index (χ2n) is 3.04. The molecule has 0 atom stereocenters. The van der Waals surface area contributed by atoms with Gasteiger partial charge in [-0.2, -0.15) is 0 Å². The van der Waals surface area contributed by atoms with Crippen LogP contribution < -0.4 is 0 Å². The molecule has 1 N–H and O–H groups in total. The van der Waals surface area contributed by atoms with Gasteiger partial charge in [-0.25, -0.2) is 4.79 Å². The molecule has 1 rings (SSSR count). The lowest BCUT2D eigenvalue weighted by atomic mass is 10.2. The second-order valence-corrected chi connectivity index (χ2v) is 5.23. The maximum atomic E-state index is 10.8. The third-order valence-electron chi connectivity index (χ3n) is 1.78. The largest absolute Gasteiger partial charge is 0.477 e. The van der Waals surface area contributed by atoms with Crippen molar-refractivity contribution in [2.45, 2.75) is 13.3 Å². The van der Waals surface area contributed by atoms with Gasteiger partial charge < -0.3 is 5.11 Å². The zero-order valence-electron chi connectivity index (χ0n) is 8.80. The topological polar surface area (TPSA) is 54.4 Å². The minimum Gasteiger partial charge on any atom is -0.477 e. The Bertz CT molecular complexity index is 407. The van der Waals surface area contributed by atoms with Crippen LogP contribution in [0.25, 0.3) is 6.08 Å². The molecule has 0 aromatic carbocycles. The lowest BCUT2D eigenvalue weighted by Gasteiger charge is -1.93. The summed E-state index contributed by atoms with van der Waals surface area (Å²) in [7, 11) is 0. The summed E-state index contributed by atoms with van der Waals surface area (Å²) in [6, 6.07) is 1.78. The van der Waals surface area contributed by atoms with E-state index in [2.05, 4.69) is 0 Å². The van der Waals surface area contributed by atoms with Crippen molar-refractivity contribution in [1.29, 1.82) is 0 Å². The van der Waals surface area contributed by atoms with Gasteiger partial charge in [0.1, 0.15) is 4.88 Å². The first-order valence-electron chi connectivity index (χ1n) is 4.72. The monoisotopic (exact) mass is 256 g/mol. The van der Waals surface area contributed by atoms with Crippen molar-refractivity contribution in [3.8, 4) is 0 Å². The highest BCUT2D eigenvalue weighted by Gasteiger charge is 2.08. The summed E-state index contributed by atoms with van der Waals surface area (Å²) >= 11 is 2.49. The summed E-state index contributed by atoms with van der Waals surface area (Å²) in [5, 5.41) is 10.7. The lowest BCUT2D eigenvalue weighted by molar-refractivity contribution is -0.109. The van der Waals surface area contributed by atoms with E-state index in [1.807, 2.05) is 6.08 Å². The number of carbonyl (C=O) groups is 2. The van der Waals surface area contributed by atoms with Gasteiger partial charge >= 0.3 is 5.97 Å². The van der Waals surface area contributed by atoms with E-state index in [0.29, 0.717) is 4.88 Å². The second kappa shape index (κ2) is 6.50. The fraction of sp³-hybridized carbons (Fsp3) is 0.273. The van der Waals surface area contributed by atoms with Crippen molar-refractivity contribution in [3.05, 3.63) is 28.0 Å². The van der Waals surface area contributed by atoms with E-state index in [0.717, 1.165) is 17.7 Å². The van der Waals surface area contributed by atoms with Gasteiger partial charge in [-0.1, -0.05) is 23.9 Å². The predicted molar refractivity (Wildman–Crippen MR) is 68.1 cm³/mol. The Balaban J connectivity index is 2.47. The van der Waals surface area contributed by atoms with Crippen LogP contribution in [0, 0.1) is 0 Å². The van der Waals surface area contributed by atoms with E-state index in [4.69, 9.17) is 5.11 Å². The summed E-state index contributed by atoms with van der Waals surface area (Å²) in [6.45, 7) is 1.54. The summed E-state index contributed by atoms with van der Waals surface area (Å²) in [6.07, 6.45) is 4.45. The van der Waals surface area contributed by atoms with Crippen LogP contribution in [0.2, 0.25) is 0 Å². The fourth-order valence-corrected chi connectivity index (χ4v) is 2.37. The van der Waals surface area contributed by atoms with Gasteiger partial charge in [-0.3, -0.25) is 4.79 Å². The van der Waals surface area contributed by atoms with E-state index in [1.54, 1.807) is 17.5 Å². The number of carboxylic acids is 1. The first-order chi connectivity index (χ1) is 7.61. The Kier molecular flexibility index (Phi) is 5.28. The normalized spacial score (nSPS) is 10.8. The van der Waals surface area contributed by atoms with Gasteiger partial charge in [-0.05, 0) is 23.4 Å². The molecule has 0 fully saturated rings. The minimum atomic E-state index is -0.896. The molecule has 0 radical (unpaired) electrons. The number of thioether (sulfide) groups is 1. The molecular formula is C11H12O3S2. The van der Waals surface area contributed by atoms with Crippen LogP contribution in [-0.4, -0.2) is 21.9 Å². The quantitative estimate of drug-likeness (QED) is 0.822. The SMILES string of the molecule is CC(=O)SCCC=Cc1ccsc1C(=O)O. The molecule has 86 valence electrons. The van der Waals surface area contributed by atoms with Crippen molar-refractivity contribution in [3.63, 3.8) is 0 Å². The van der Waals surface area contributed by atoms with Crippen molar-refractivity contribution >= 4 is 40.3 Å². The van der Waals surface area contributed by atoms with E-state index < -0.39 is 5.97 Å². The van der Waals surface area contributed by atoms with Crippen LogP contribution in [0.3, 0.4) is 0 Å². The van der Waals surface area contributed by atoms with Crippen LogP contribution >= 0.6 is 23.1 Å². The van der Waals surface area contributed by atoms with Gasteiger partial charge in [0.2, 0.25) is 0 Å². The Labute approximate surface area is 102 Å². The van der Waals surface area contributed by atoms with Crippen molar-refractivity contribution < 1.29 is 14.7 Å². The third-order valence-corrected chi connectivity index (χ3v) is 3.54. The van der Waals surface area contributed by atoms with Crippen LogP contribution in [0.5, 0.6) is 0 Å². The van der Waals surface area contributed by atoms with Crippen molar-refractivity contribution in [2.75, 3.05) is 5.75 Å². The molecule has 0 bridgehead atoms. The number of hydrogen-bond acceptors (Lipinski definition) is 4. The van der Waals surface area contributed by atoms with Gasteiger partial charge in [0.05, 0.1) is 0 Å². The molecule has 0 amide bonds. The van der Waals surface area contributed by atoms with Crippen LogP contribution in [0.1, 0.15) is 28.6 Å². The smallest absolute Gasteiger partial charge is 0.346 e. The number of carboxylic acid groups (broad SMARTS) is 1. The Hall–Kier alpha value is -1.07. The highest BCUT2D eigenvalue weighted by atomic mass is 32.2. The zero-order chi connectivity index (χ0) is 12.0. The molecule has 1 heterocycles. The molecule has 1 aromatic rings. The number of rotatable bonds is 5. The minimum absolute atomic E-state index is 0.107. The average Bonchev–Trinajstić information content (AvgIpc) is 2.65. The van der Waals surface area contributed by atoms with E-state index in [-0.39, 0.29) is 5.12 Å². The highest BCUT2D eigenvalue weighted by molar-refractivity contribution is 8.13. The molecule has 0 aliphatic heterocycles. The van der Waals surface area contributed by atoms with Crippen molar-refractivity contribution in [2.24, 2.45) is 0 Å². The predicted octanol–water partition coefficient (Wildman–Crippen LogP) is 3.13. The molecule has 0 aliphatic carbocycles. The molecular weight excluding hydrogens is 244 g/mol. The summed E-state index contributed by atoms with van der Waals surface area (Å²) in [5.41, 5.74) is 0.727. The van der Waals surface area contributed by atoms with E-state index in [1.165, 1.54) is 30.0 Å². The third kappa shape index (κ3) is 4.20. The molecule has 0 unspecified atom stereocenters. The average molecular weight is 256 g/mol. The number of carbonyl (C=O) groups excluding carboxylic acids is 1. The van der Waals surface area contributed by atoms with Gasteiger partial charge in [0, 0.05) is 12.7 Å². The van der Waals surface area contributed by atoms with Gasteiger partial charge in [0.25, 0.3) is 0 Å². The Morgan fingerprint density at radius 3 is 2.94 bits per heavy atom. The molecule has 16 heavy (non-hydrogen) atoms. The Morgan fingerprint density at radius 1 is 1.56 bits per heavy atom. The standard InChI is InChI=1S/C11H12O3S2/c1-8(12)15-6-3-2-4-9-5-7-16-10(9)11(13)14/h2,4-5,7H,3,6H2,1H3,(H,13,14). The lowest BCUT2D eigenvalue weighted by Crippen LogP contribution is -1.93. The number of allylic oxidation sites excluding steroid dienone is 1. The zero-order valence-corrected chi connectivity index (χ0v) is 10.4. The summed E-state index contributed by atoms with van der Waals surface area (Å²) < 4.78 is 0. The maximum Gasteiger partial charge on any atom is 0.346 e. The highest BCUT2D eigenvalue weighted by Crippen LogP contribution is 2.18. The first kappa shape index (κ1) is 13.0. The van der Waals surface area contributed by atoms with Crippen LogP contribution in [0.4, 0.5) is 0 Å². The summed E-state index contributed by atoms with van der Waals surface area (Å²) in [4.78, 5) is 21.8. The molecule has 1 aromatic heterocycles. The number of aromatic carboxylic acids is 1. The van der Waals surface area contributed by atoms with Gasteiger partial charge in [-0.15, -0.1) is 11.3 Å². The molecule has 0 saturated heterocycles. The van der Waals surface area contributed by atoms with Gasteiger partial charge in [0.15, 0.2) is 5.12 Å². The van der Waals surface area contributed by atoms with E-state index >= 15 is 0 Å². The maximum absolute atomic E-state index is 10.8. The van der Waals surface area contributed by atoms with Crippen molar-refractivity contribution in [1.82, 2.24) is 0 Å². The molecule has 5 heteroatoms. The molecule has 3 nitrogen and oxygen atoms in total. The molecule has 0 spiro atoms. The van der Waals surface area contributed by atoms with Crippen LogP contribution in [-0.2, 0) is 4.79 Å². The fourth-order valence-electron chi connectivity index (χ4n) is 1.11. The first-order valence-corrected chi connectivity index (χ1v) is 6.58. The Morgan fingerprint density at radius 2 is 2.31 bits per heavy atom. The number of hydrogen-bond donors (Lipinski definition) is 1. The molecule has 0 aliphatic rings. The number of thiophene rings is 1. The molecule has 0 saturated carbocycles. The van der Waals surface area contributed by atoms with E-state index in [9.17, 15) is 9.59 Å².